The standard InChI is InChI=1S/C11H11NO3/c13-8-5-9(10(6-8)11(14)15)7-1-3-12-4-2-7/h1-4,9-10H,5-6H2,(H,14,15)/t9-,10-/m0/s1. The van der Waals surface area contributed by atoms with Crippen LogP contribution < -0.4 is 0 Å². The van der Waals surface area contributed by atoms with Crippen LogP contribution in [-0.2, 0) is 9.59 Å². The van der Waals surface area contributed by atoms with Gasteiger partial charge in [0.1, 0.15) is 5.78 Å². The number of aromatic nitrogens is 1. The summed E-state index contributed by atoms with van der Waals surface area (Å²) in [5.41, 5.74) is 0.892. The van der Waals surface area contributed by atoms with Gasteiger partial charge in [-0.25, -0.2) is 0 Å². The quantitative estimate of drug-likeness (QED) is 0.788. The Bertz CT molecular complexity index is 388. The van der Waals surface area contributed by atoms with E-state index in [-0.39, 0.29) is 18.1 Å². The van der Waals surface area contributed by atoms with Crippen LogP contribution in [0.25, 0.3) is 0 Å². The maximum Gasteiger partial charge on any atom is 0.307 e. The summed E-state index contributed by atoms with van der Waals surface area (Å²) in [4.78, 5) is 26.1. The zero-order chi connectivity index (χ0) is 10.8. The molecule has 1 aromatic rings. The third kappa shape index (κ3) is 1.88. The van der Waals surface area contributed by atoms with Crippen LogP contribution in [0.1, 0.15) is 24.3 Å². The van der Waals surface area contributed by atoms with E-state index in [9.17, 15) is 9.59 Å². The van der Waals surface area contributed by atoms with Crippen molar-refractivity contribution in [1.82, 2.24) is 4.98 Å². The molecule has 4 nitrogen and oxygen atoms in total. The molecule has 1 heterocycles. The molecule has 2 atom stereocenters. The van der Waals surface area contributed by atoms with Gasteiger partial charge in [0.15, 0.2) is 0 Å². The molecule has 0 bridgehead atoms. The number of rotatable bonds is 2. The molecule has 0 amide bonds. The van der Waals surface area contributed by atoms with Crippen molar-refractivity contribution >= 4 is 11.8 Å². The highest BCUT2D eigenvalue weighted by molar-refractivity contribution is 5.89. The maximum atomic E-state index is 11.3. The van der Waals surface area contributed by atoms with Crippen molar-refractivity contribution in [2.24, 2.45) is 5.92 Å². The molecule has 78 valence electrons. The smallest absolute Gasteiger partial charge is 0.307 e. The zero-order valence-electron chi connectivity index (χ0n) is 8.09. The van der Waals surface area contributed by atoms with Gasteiger partial charge in [-0.15, -0.1) is 0 Å². The monoisotopic (exact) mass is 205 g/mol. The SMILES string of the molecule is O=C1C[C@H](C(=O)O)[C@H](c2ccncc2)C1. The van der Waals surface area contributed by atoms with Crippen LogP contribution in [0, 0.1) is 5.92 Å². The van der Waals surface area contributed by atoms with E-state index in [1.54, 1.807) is 24.5 Å². The van der Waals surface area contributed by atoms with Crippen LogP contribution in [0.5, 0.6) is 0 Å². The molecule has 0 aliphatic heterocycles. The average molecular weight is 205 g/mol. The van der Waals surface area contributed by atoms with Gasteiger partial charge >= 0.3 is 5.97 Å². The molecule has 15 heavy (non-hydrogen) atoms. The van der Waals surface area contributed by atoms with Crippen LogP contribution in [0.2, 0.25) is 0 Å². The number of carboxylic acid groups (broad SMARTS) is 1. The van der Waals surface area contributed by atoms with Crippen molar-refractivity contribution in [3.05, 3.63) is 30.1 Å². The third-order valence-corrected chi connectivity index (χ3v) is 2.83. The summed E-state index contributed by atoms with van der Waals surface area (Å²) in [5.74, 6) is -1.61. The maximum absolute atomic E-state index is 11.3. The lowest BCUT2D eigenvalue weighted by Crippen LogP contribution is -2.16. The highest BCUT2D eigenvalue weighted by atomic mass is 16.4. The van der Waals surface area contributed by atoms with Gasteiger partial charge in [0.25, 0.3) is 0 Å². The van der Waals surface area contributed by atoms with Gasteiger partial charge in [0.2, 0.25) is 0 Å². The molecule has 2 rings (SSSR count). The Balaban J connectivity index is 2.28. The van der Waals surface area contributed by atoms with E-state index in [0.29, 0.717) is 6.42 Å². The number of hydrogen-bond donors (Lipinski definition) is 1. The van der Waals surface area contributed by atoms with Crippen LogP contribution in [0.3, 0.4) is 0 Å². The summed E-state index contributed by atoms with van der Waals surface area (Å²) in [6, 6.07) is 3.55. The van der Waals surface area contributed by atoms with Gasteiger partial charge in [0.05, 0.1) is 5.92 Å². The number of ketones is 1. The minimum atomic E-state index is -0.886. The third-order valence-electron chi connectivity index (χ3n) is 2.83. The molecule has 1 aliphatic rings. The van der Waals surface area contributed by atoms with Crippen molar-refractivity contribution in [2.45, 2.75) is 18.8 Å². The average Bonchev–Trinajstić information content (AvgIpc) is 2.62. The molecule has 0 aromatic carbocycles. The Morgan fingerprint density at radius 2 is 2.00 bits per heavy atom. The number of aliphatic carboxylic acids is 1. The molecule has 1 aliphatic carbocycles. The number of carboxylic acids is 1. The first-order chi connectivity index (χ1) is 7.18. The zero-order valence-corrected chi connectivity index (χ0v) is 8.09. The van der Waals surface area contributed by atoms with Crippen LogP contribution in [0.15, 0.2) is 24.5 Å². The van der Waals surface area contributed by atoms with Gasteiger partial charge in [-0.2, -0.15) is 0 Å². The van der Waals surface area contributed by atoms with Crippen molar-refractivity contribution in [3.8, 4) is 0 Å². The number of Topliss-reactive ketones (excluding diaryl/α,β-unsaturated/α-hetero) is 1. The molecule has 1 N–H and O–H groups in total. The number of carbonyl (C=O) groups is 2. The first kappa shape index (κ1) is 9.83. The van der Waals surface area contributed by atoms with Crippen LogP contribution >= 0.6 is 0 Å². The largest absolute Gasteiger partial charge is 0.481 e. The van der Waals surface area contributed by atoms with E-state index >= 15 is 0 Å². The second kappa shape index (κ2) is 3.81. The summed E-state index contributed by atoms with van der Waals surface area (Å²) < 4.78 is 0. The van der Waals surface area contributed by atoms with Crippen LogP contribution in [-0.4, -0.2) is 21.8 Å². The molecule has 0 unspecified atom stereocenters. The Kier molecular flexibility index (Phi) is 2.49. The second-order valence-corrected chi connectivity index (χ2v) is 3.78. The number of pyridine rings is 1. The Labute approximate surface area is 87.0 Å². The number of hydrogen-bond acceptors (Lipinski definition) is 3. The van der Waals surface area contributed by atoms with Crippen molar-refractivity contribution in [1.29, 1.82) is 0 Å². The first-order valence-corrected chi connectivity index (χ1v) is 4.83. The van der Waals surface area contributed by atoms with E-state index in [0.717, 1.165) is 5.56 Å². The van der Waals surface area contributed by atoms with E-state index in [1.165, 1.54) is 0 Å². The minimum Gasteiger partial charge on any atom is -0.481 e. The highest BCUT2D eigenvalue weighted by Crippen LogP contribution is 2.37. The molecule has 4 heteroatoms. The summed E-state index contributed by atoms with van der Waals surface area (Å²) in [6.07, 6.45) is 3.73. The van der Waals surface area contributed by atoms with Crippen molar-refractivity contribution < 1.29 is 14.7 Å². The van der Waals surface area contributed by atoms with Gasteiger partial charge in [-0.1, -0.05) is 0 Å². The van der Waals surface area contributed by atoms with Gasteiger partial charge in [-0.3, -0.25) is 14.6 Å². The summed E-state index contributed by atoms with van der Waals surface area (Å²) in [7, 11) is 0. The number of nitrogens with zero attached hydrogens (tertiary/aromatic N) is 1. The van der Waals surface area contributed by atoms with Crippen LogP contribution in [0.4, 0.5) is 0 Å². The Hall–Kier alpha value is -1.71. The predicted molar refractivity (Wildman–Crippen MR) is 52.3 cm³/mol. The van der Waals surface area contributed by atoms with Crippen molar-refractivity contribution in [2.75, 3.05) is 0 Å². The van der Waals surface area contributed by atoms with E-state index < -0.39 is 11.9 Å². The molecule has 1 saturated carbocycles. The number of carbonyl (C=O) groups excluding carboxylic acids is 1. The fourth-order valence-electron chi connectivity index (χ4n) is 2.08. The lowest BCUT2D eigenvalue weighted by molar-refractivity contribution is -0.142. The first-order valence-electron chi connectivity index (χ1n) is 4.83. The summed E-state index contributed by atoms with van der Waals surface area (Å²) >= 11 is 0. The normalized spacial score (nSPS) is 25.5. The second-order valence-electron chi connectivity index (χ2n) is 3.78. The van der Waals surface area contributed by atoms with Gasteiger partial charge in [0, 0.05) is 31.2 Å². The molecule has 0 saturated heterocycles. The van der Waals surface area contributed by atoms with Gasteiger partial charge < -0.3 is 5.11 Å². The fraction of sp³-hybridized carbons (Fsp3) is 0.364. The molecule has 1 aromatic heterocycles. The summed E-state index contributed by atoms with van der Waals surface area (Å²) in [5, 5.41) is 8.99. The minimum absolute atomic E-state index is 0.0317. The lowest BCUT2D eigenvalue weighted by Gasteiger charge is -2.14. The van der Waals surface area contributed by atoms with Gasteiger partial charge in [-0.05, 0) is 17.7 Å². The topological polar surface area (TPSA) is 67.3 Å². The highest BCUT2D eigenvalue weighted by Gasteiger charge is 2.38. The molecule has 0 radical (unpaired) electrons. The summed E-state index contributed by atoms with van der Waals surface area (Å²) in [6.45, 7) is 0. The Morgan fingerprint density at radius 1 is 1.33 bits per heavy atom. The predicted octanol–water partition coefficient (Wildman–Crippen LogP) is 1.23. The van der Waals surface area contributed by atoms with E-state index in [4.69, 9.17) is 5.11 Å². The molecular formula is C11H11NO3. The van der Waals surface area contributed by atoms with E-state index in [1.807, 2.05) is 0 Å². The molecule has 1 fully saturated rings. The lowest BCUT2D eigenvalue weighted by atomic mass is 9.90. The molecular weight excluding hydrogens is 194 g/mol. The molecule has 0 spiro atoms. The van der Waals surface area contributed by atoms with Crippen molar-refractivity contribution in [3.63, 3.8) is 0 Å². The Morgan fingerprint density at radius 3 is 2.60 bits per heavy atom. The fourth-order valence-corrected chi connectivity index (χ4v) is 2.08. The van der Waals surface area contributed by atoms with E-state index in [2.05, 4.69) is 4.98 Å².